The molecule has 0 radical (unpaired) electrons. The number of aryl methyl sites for hydroxylation is 2. The second kappa shape index (κ2) is 9.32. The summed E-state index contributed by atoms with van der Waals surface area (Å²) in [6.45, 7) is 1.89. The van der Waals surface area contributed by atoms with Crippen LogP contribution in [-0.4, -0.2) is 27.8 Å². The maximum absolute atomic E-state index is 12.6. The number of amides is 1. The van der Waals surface area contributed by atoms with E-state index in [1.54, 1.807) is 11.8 Å². The van der Waals surface area contributed by atoms with E-state index < -0.39 is 0 Å². The van der Waals surface area contributed by atoms with Crippen molar-refractivity contribution in [2.75, 3.05) is 12.4 Å². The van der Waals surface area contributed by atoms with Gasteiger partial charge in [0.1, 0.15) is 11.6 Å². The Morgan fingerprint density at radius 3 is 2.61 bits per heavy atom. The lowest BCUT2D eigenvalue weighted by Gasteiger charge is -2.07. The number of benzene rings is 2. The maximum atomic E-state index is 12.6. The third-order valence-corrected chi connectivity index (χ3v) is 5.78. The lowest BCUT2D eigenvalue weighted by Crippen LogP contribution is -2.15. The Balaban J connectivity index is 1.45. The number of nitrogens with zero attached hydrogens (tertiary/aromatic N) is 3. The van der Waals surface area contributed by atoms with Crippen LogP contribution < -0.4 is 10.1 Å². The van der Waals surface area contributed by atoms with Gasteiger partial charge in [-0.3, -0.25) is 4.79 Å². The van der Waals surface area contributed by atoms with Gasteiger partial charge in [-0.05, 0) is 43.2 Å². The summed E-state index contributed by atoms with van der Waals surface area (Å²) in [5, 5.41) is 10.8. The monoisotopic (exact) mass is 452 g/mol. The predicted molar refractivity (Wildman–Crippen MR) is 124 cm³/mol. The van der Waals surface area contributed by atoms with Crippen molar-refractivity contribution >= 4 is 34.7 Å². The molecule has 8 heteroatoms. The molecule has 0 aliphatic rings. The fourth-order valence-electron chi connectivity index (χ4n) is 3.10. The number of carbonyl (C=O) groups excluding carboxylic acids is 1. The molecule has 0 fully saturated rings. The predicted octanol–water partition coefficient (Wildman–Crippen LogP) is 5.54. The van der Waals surface area contributed by atoms with Crippen LogP contribution in [0.4, 0.5) is 5.82 Å². The van der Waals surface area contributed by atoms with Crippen LogP contribution in [0.5, 0.6) is 5.75 Å². The van der Waals surface area contributed by atoms with Gasteiger partial charge in [0.2, 0.25) is 11.0 Å². The number of thiazole rings is 1. The van der Waals surface area contributed by atoms with Gasteiger partial charge < -0.3 is 10.1 Å². The molecule has 2 aromatic heterocycles. The molecule has 1 amide bonds. The molecule has 0 saturated carbocycles. The highest BCUT2D eigenvalue weighted by Crippen LogP contribution is 2.27. The van der Waals surface area contributed by atoms with Crippen LogP contribution in [0.1, 0.15) is 17.7 Å². The van der Waals surface area contributed by atoms with Crippen molar-refractivity contribution in [3.05, 3.63) is 76.3 Å². The normalized spacial score (nSPS) is 10.8. The molecule has 31 heavy (non-hydrogen) atoms. The molecule has 0 spiro atoms. The van der Waals surface area contributed by atoms with Crippen molar-refractivity contribution in [1.29, 1.82) is 0 Å². The Kier molecular flexibility index (Phi) is 6.34. The van der Waals surface area contributed by atoms with Gasteiger partial charge in [-0.1, -0.05) is 35.9 Å². The van der Waals surface area contributed by atoms with Gasteiger partial charge in [0.25, 0.3) is 0 Å². The fraction of sp³-hybridized carbons (Fsp3) is 0.174. The van der Waals surface area contributed by atoms with Crippen molar-refractivity contribution in [1.82, 2.24) is 14.8 Å². The number of hydrogen-bond acceptors (Lipinski definition) is 5. The van der Waals surface area contributed by atoms with Crippen molar-refractivity contribution in [3.8, 4) is 22.1 Å². The summed E-state index contributed by atoms with van der Waals surface area (Å²) in [7, 11) is 1.63. The first-order chi connectivity index (χ1) is 15.0. The zero-order valence-electron chi connectivity index (χ0n) is 17.1. The van der Waals surface area contributed by atoms with E-state index in [1.165, 1.54) is 11.3 Å². The largest absolute Gasteiger partial charge is 0.497 e. The Morgan fingerprint density at radius 2 is 1.90 bits per heavy atom. The zero-order valence-corrected chi connectivity index (χ0v) is 18.7. The van der Waals surface area contributed by atoms with Crippen LogP contribution in [-0.2, 0) is 11.2 Å². The zero-order chi connectivity index (χ0) is 21.8. The molecule has 0 unspecified atom stereocenters. The quantitative estimate of drug-likeness (QED) is 0.400. The van der Waals surface area contributed by atoms with E-state index in [4.69, 9.17) is 16.3 Å². The van der Waals surface area contributed by atoms with Crippen LogP contribution in [0, 0.1) is 6.92 Å². The van der Waals surface area contributed by atoms with Crippen LogP contribution in [0.25, 0.3) is 16.4 Å². The molecule has 0 bridgehead atoms. The van der Waals surface area contributed by atoms with Crippen molar-refractivity contribution < 1.29 is 9.53 Å². The van der Waals surface area contributed by atoms with Crippen LogP contribution in [0.2, 0.25) is 5.02 Å². The summed E-state index contributed by atoms with van der Waals surface area (Å²) in [6.07, 6.45) is 1.01. The van der Waals surface area contributed by atoms with E-state index in [0.717, 1.165) is 28.3 Å². The number of carbonyl (C=O) groups is 1. The average Bonchev–Trinajstić information content (AvgIpc) is 3.40. The number of nitrogens with one attached hydrogen (secondary N) is 1. The average molecular weight is 453 g/mol. The van der Waals surface area contributed by atoms with E-state index in [1.807, 2.05) is 66.9 Å². The van der Waals surface area contributed by atoms with E-state index >= 15 is 0 Å². The highest BCUT2D eigenvalue weighted by molar-refractivity contribution is 7.12. The minimum absolute atomic E-state index is 0.0774. The molecule has 0 aliphatic heterocycles. The number of methoxy groups -OCH3 is 1. The number of hydrogen-bond donors (Lipinski definition) is 1. The molecule has 6 nitrogen and oxygen atoms in total. The van der Waals surface area contributed by atoms with Gasteiger partial charge in [0.15, 0.2) is 0 Å². The first kappa shape index (κ1) is 21.1. The SMILES string of the molecule is COc1ccc(CCC(=O)Nc2cc(C)nn2-c2nc(-c3ccc(Cl)cc3)cs2)cc1. The smallest absolute Gasteiger partial charge is 0.225 e. The molecular formula is C23H21ClN4O2S. The first-order valence-corrected chi connectivity index (χ1v) is 11.0. The molecule has 0 saturated heterocycles. The minimum Gasteiger partial charge on any atom is -0.497 e. The molecular weight excluding hydrogens is 432 g/mol. The van der Waals surface area contributed by atoms with E-state index in [0.29, 0.717) is 28.8 Å². The van der Waals surface area contributed by atoms with Crippen molar-refractivity contribution in [2.24, 2.45) is 0 Å². The van der Waals surface area contributed by atoms with Crippen molar-refractivity contribution in [2.45, 2.75) is 19.8 Å². The minimum atomic E-state index is -0.0774. The van der Waals surface area contributed by atoms with Gasteiger partial charge in [-0.2, -0.15) is 9.78 Å². The summed E-state index contributed by atoms with van der Waals surface area (Å²) >= 11 is 7.44. The molecule has 2 aromatic carbocycles. The standard InChI is InChI=1S/C23H21ClN4O2S/c1-15-13-21(26-22(29)12-5-16-3-10-19(30-2)11-4-16)28(27-15)23-25-20(14-31-23)17-6-8-18(24)9-7-17/h3-4,6-11,13-14H,5,12H2,1-2H3,(H,26,29). The van der Waals surface area contributed by atoms with Crippen LogP contribution in [0.3, 0.4) is 0 Å². The van der Waals surface area contributed by atoms with E-state index in [9.17, 15) is 4.79 Å². The van der Waals surface area contributed by atoms with Gasteiger partial charge >= 0.3 is 0 Å². The molecule has 4 aromatic rings. The third kappa shape index (κ3) is 5.13. The highest BCUT2D eigenvalue weighted by Gasteiger charge is 2.14. The molecule has 0 aliphatic carbocycles. The van der Waals surface area contributed by atoms with Gasteiger partial charge in [-0.25, -0.2) is 4.98 Å². The Hall–Kier alpha value is -3.16. The Morgan fingerprint density at radius 1 is 1.16 bits per heavy atom. The van der Waals surface area contributed by atoms with E-state index in [-0.39, 0.29) is 5.91 Å². The summed E-state index contributed by atoms with van der Waals surface area (Å²) in [6, 6.07) is 17.1. The number of rotatable bonds is 7. The van der Waals surface area contributed by atoms with Gasteiger partial charge in [0, 0.05) is 28.5 Å². The number of ether oxygens (including phenoxy) is 1. The summed E-state index contributed by atoms with van der Waals surface area (Å²) in [5.41, 5.74) is 3.68. The fourth-order valence-corrected chi connectivity index (χ4v) is 4.03. The molecule has 4 rings (SSSR count). The second-order valence-electron chi connectivity index (χ2n) is 7.00. The Bertz CT molecular complexity index is 1180. The first-order valence-electron chi connectivity index (χ1n) is 9.73. The lowest BCUT2D eigenvalue weighted by molar-refractivity contribution is -0.116. The van der Waals surface area contributed by atoms with Gasteiger partial charge in [-0.15, -0.1) is 11.3 Å². The molecule has 0 atom stereocenters. The number of aromatic nitrogens is 3. The number of halogens is 1. The van der Waals surface area contributed by atoms with Crippen LogP contribution >= 0.6 is 22.9 Å². The van der Waals surface area contributed by atoms with Gasteiger partial charge in [0.05, 0.1) is 18.5 Å². The third-order valence-electron chi connectivity index (χ3n) is 4.71. The maximum Gasteiger partial charge on any atom is 0.225 e. The van der Waals surface area contributed by atoms with Crippen molar-refractivity contribution in [3.63, 3.8) is 0 Å². The molecule has 158 valence electrons. The lowest BCUT2D eigenvalue weighted by atomic mass is 10.1. The van der Waals surface area contributed by atoms with E-state index in [2.05, 4.69) is 15.4 Å². The molecule has 2 heterocycles. The second-order valence-corrected chi connectivity index (χ2v) is 8.27. The highest BCUT2D eigenvalue weighted by atomic mass is 35.5. The summed E-state index contributed by atoms with van der Waals surface area (Å²) < 4.78 is 6.84. The topological polar surface area (TPSA) is 69.0 Å². The summed E-state index contributed by atoms with van der Waals surface area (Å²) in [5.74, 6) is 1.33. The Labute approximate surface area is 189 Å². The molecule has 1 N–H and O–H groups in total. The number of anilines is 1. The van der Waals surface area contributed by atoms with Crippen LogP contribution in [0.15, 0.2) is 60.0 Å². The summed E-state index contributed by atoms with van der Waals surface area (Å²) in [4.78, 5) is 17.2.